The number of aryl methyl sites for hydroxylation is 2. The highest BCUT2D eigenvalue weighted by atomic mass is 32.2. The fourth-order valence-corrected chi connectivity index (χ4v) is 4.20. The summed E-state index contributed by atoms with van der Waals surface area (Å²) in [6.45, 7) is 0.992. The Morgan fingerprint density at radius 3 is 2.38 bits per heavy atom. The summed E-state index contributed by atoms with van der Waals surface area (Å²) >= 11 is 0. The lowest BCUT2D eigenvalue weighted by atomic mass is 10.1. The number of rotatable bonds is 9. The number of ketones is 1. The van der Waals surface area contributed by atoms with Crippen molar-refractivity contribution in [1.82, 2.24) is 13.9 Å². The maximum absolute atomic E-state index is 12.4. The Hall–Kier alpha value is -3.57. The zero-order chi connectivity index (χ0) is 25.0. The van der Waals surface area contributed by atoms with E-state index < -0.39 is 22.6 Å². The van der Waals surface area contributed by atoms with E-state index in [4.69, 9.17) is 4.74 Å². The van der Waals surface area contributed by atoms with Crippen LogP contribution < -0.4 is 5.32 Å². The van der Waals surface area contributed by atoms with Crippen LogP contribution in [-0.2, 0) is 37.8 Å². The molecule has 0 saturated carbocycles. The normalized spacial score (nSPS) is 11.6. The second-order valence-electron chi connectivity index (χ2n) is 7.87. The number of imidazole rings is 1. The lowest BCUT2D eigenvalue weighted by Crippen LogP contribution is -2.22. The van der Waals surface area contributed by atoms with Crippen molar-refractivity contribution in [3.05, 3.63) is 53.9 Å². The van der Waals surface area contributed by atoms with Gasteiger partial charge in [0.05, 0.1) is 22.3 Å². The van der Waals surface area contributed by atoms with Crippen molar-refractivity contribution >= 4 is 44.4 Å². The van der Waals surface area contributed by atoms with Crippen LogP contribution in [0.1, 0.15) is 29.5 Å². The maximum atomic E-state index is 12.4. The first-order chi connectivity index (χ1) is 16.0. The van der Waals surface area contributed by atoms with Gasteiger partial charge in [-0.2, -0.15) is 0 Å². The lowest BCUT2D eigenvalue weighted by Gasteiger charge is -2.10. The van der Waals surface area contributed by atoms with E-state index in [1.54, 1.807) is 41.9 Å². The van der Waals surface area contributed by atoms with Crippen LogP contribution in [0, 0.1) is 0 Å². The second kappa shape index (κ2) is 10.1. The van der Waals surface area contributed by atoms with Crippen molar-refractivity contribution in [2.45, 2.75) is 24.7 Å². The molecule has 180 valence electrons. The molecule has 0 bridgehead atoms. The number of nitrogens with one attached hydrogen (secondary N) is 1. The molecule has 0 aliphatic heterocycles. The van der Waals surface area contributed by atoms with Gasteiger partial charge in [0.1, 0.15) is 5.82 Å². The summed E-state index contributed by atoms with van der Waals surface area (Å²) in [5.41, 5.74) is 2.17. The van der Waals surface area contributed by atoms with E-state index >= 15 is 0 Å². The topological polar surface area (TPSA) is 128 Å². The molecule has 0 spiro atoms. The number of nitrogens with zero attached hydrogens (tertiary/aromatic N) is 3. The monoisotopic (exact) mass is 486 g/mol. The van der Waals surface area contributed by atoms with Gasteiger partial charge in [0.15, 0.2) is 12.4 Å². The van der Waals surface area contributed by atoms with Crippen LogP contribution in [0.2, 0.25) is 0 Å². The number of carbonyl (C=O) groups is 3. The van der Waals surface area contributed by atoms with Gasteiger partial charge >= 0.3 is 5.97 Å². The number of anilines is 1. The Morgan fingerprint density at radius 1 is 1.09 bits per heavy atom. The summed E-state index contributed by atoms with van der Waals surface area (Å²) in [6, 6.07) is 11.0. The molecule has 1 amide bonds. The molecule has 0 atom stereocenters. The van der Waals surface area contributed by atoms with Crippen LogP contribution in [0.4, 0.5) is 5.69 Å². The van der Waals surface area contributed by atoms with Crippen LogP contribution >= 0.6 is 0 Å². The predicted octanol–water partition coefficient (Wildman–Crippen LogP) is 2.14. The number of aromatic nitrogens is 2. The molecule has 0 aliphatic rings. The minimum Gasteiger partial charge on any atom is -0.457 e. The highest BCUT2D eigenvalue weighted by molar-refractivity contribution is 7.89. The molecular formula is C23H26N4O6S. The van der Waals surface area contributed by atoms with E-state index in [1.807, 2.05) is 0 Å². The molecule has 1 heterocycles. The van der Waals surface area contributed by atoms with Gasteiger partial charge in [-0.15, -0.1) is 0 Å². The van der Waals surface area contributed by atoms with Gasteiger partial charge in [-0.25, -0.2) is 17.7 Å². The summed E-state index contributed by atoms with van der Waals surface area (Å²) < 4.78 is 32.7. The first-order valence-electron chi connectivity index (χ1n) is 10.4. The molecule has 11 heteroatoms. The van der Waals surface area contributed by atoms with Gasteiger partial charge in [-0.3, -0.25) is 14.4 Å². The van der Waals surface area contributed by atoms with E-state index in [2.05, 4.69) is 10.3 Å². The van der Waals surface area contributed by atoms with E-state index in [0.717, 1.165) is 9.82 Å². The van der Waals surface area contributed by atoms with E-state index in [9.17, 15) is 22.8 Å². The van der Waals surface area contributed by atoms with Crippen molar-refractivity contribution in [3.63, 3.8) is 0 Å². The number of hydrogen-bond acceptors (Lipinski definition) is 7. The SMILES string of the molecule is CC(=O)Nc1ccc(C(=O)COC(=O)CCc2nc3cc(S(=O)(=O)N(C)C)ccc3n2C)cc1. The zero-order valence-electron chi connectivity index (χ0n) is 19.4. The number of esters is 1. The number of benzene rings is 2. The fraction of sp³-hybridized carbons (Fsp3) is 0.304. The number of amides is 1. The molecule has 1 N–H and O–H groups in total. The summed E-state index contributed by atoms with van der Waals surface area (Å²) in [4.78, 5) is 40.1. The molecule has 0 saturated heterocycles. The van der Waals surface area contributed by atoms with E-state index in [1.165, 1.54) is 33.2 Å². The molecule has 2 aromatic carbocycles. The summed E-state index contributed by atoms with van der Waals surface area (Å²) in [6.07, 6.45) is 0.272. The third-order valence-electron chi connectivity index (χ3n) is 5.17. The third kappa shape index (κ3) is 5.67. The molecule has 1 aromatic heterocycles. The van der Waals surface area contributed by atoms with Gasteiger partial charge in [0.25, 0.3) is 0 Å². The molecular weight excluding hydrogens is 460 g/mol. The van der Waals surface area contributed by atoms with Crippen molar-refractivity contribution < 1.29 is 27.5 Å². The van der Waals surface area contributed by atoms with Crippen molar-refractivity contribution in [1.29, 1.82) is 0 Å². The predicted molar refractivity (Wildman–Crippen MR) is 126 cm³/mol. The Balaban J connectivity index is 1.59. The van der Waals surface area contributed by atoms with Gasteiger partial charge in [0, 0.05) is 45.7 Å². The number of hydrogen-bond donors (Lipinski definition) is 1. The number of sulfonamides is 1. The molecule has 34 heavy (non-hydrogen) atoms. The van der Waals surface area contributed by atoms with Crippen molar-refractivity contribution in [3.8, 4) is 0 Å². The van der Waals surface area contributed by atoms with Crippen LogP contribution in [0.5, 0.6) is 0 Å². The Labute approximate surface area is 197 Å². The van der Waals surface area contributed by atoms with Crippen LogP contribution in [0.3, 0.4) is 0 Å². The molecule has 0 radical (unpaired) electrons. The molecule has 0 aliphatic carbocycles. The third-order valence-corrected chi connectivity index (χ3v) is 6.98. The van der Waals surface area contributed by atoms with E-state index in [0.29, 0.717) is 22.6 Å². The molecule has 0 unspecified atom stereocenters. The fourth-order valence-electron chi connectivity index (χ4n) is 3.28. The molecule has 3 aromatic rings. The minimum atomic E-state index is -3.58. The number of carbonyl (C=O) groups excluding carboxylic acids is 3. The first kappa shape index (κ1) is 25.1. The average Bonchev–Trinajstić information content (AvgIpc) is 3.10. The van der Waals surface area contributed by atoms with Crippen LogP contribution in [0.15, 0.2) is 47.4 Å². The number of Topliss-reactive ketones (excluding diaryl/α,β-unsaturated/α-hetero) is 1. The summed E-state index contributed by atoms with van der Waals surface area (Å²) in [5, 5.41) is 2.61. The van der Waals surface area contributed by atoms with Gasteiger partial charge in [-0.05, 0) is 42.5 Å². The van der Waals surface area contributed by atoms with Gasteiger partial charge in [0.2, 0.25) is 15.9 Å². The molecule has 10 nitrogen and oxygen atoms in total. The Kier molecular flexibility index (Phi) is 7.48. The molecule has 3 rings (SSSR count). The smallest absolute Gasteiger partial charge is 0.306 e. The highest BCUT2D eigenvalue weighted by Gasteiger charge is 2.19. The van der Waals surface area contributed by atoms with Crippen molar-refractivity contribution in [2.24, 2.45) is 7.05 Å². The average molecular weight is 487 g/mol. The van der Waals surface area contributed by atoms with Crippen LogP contribution in [-0.4, -0.2) is 60.6 Å². The quantitative estimate of drug-likeness (QED) is 0.362. The number of ether oxygens (including phenoxy) is 1. The second-order valence-corrected chi connectivity index (χ2v) is 10.0. The standard InChI is InChI=1S/C23H26N4O6S/c1-15(28)24-17-7-5-16(6-8-17)21(29)14-33-23(30)12-11-22-25-19-13-18(34(31,32)26(2)3)9-10-20(19)27(22)4/h5-10,13H,11-12,14H2,1-4H3,(H,24,28). The summed E-state index contributed by atoms with van der Waals surface area (Å²) in [7, 11) is 1.12. The lowest BCUT2D eigenvalue weighted by molar-refractivity contribution is -0.142. The zero-order valence-corrected chi connectivity index (χ0v) is 20.2. The van der Waals surface area contributed by atoms with E-state index in [-0.39, 0.29) is 29.4 Å². The summed E-state index contributed by atoms with van der Waals surface area (Å²) in [5.74, 6) is -0.537. The highest BCUT2D eigenvalue weighted by Crippen LogP contribution is 2.22. The van der Waals surface area contributed by atoms with Crippen molar-refractivity contribution in [2.75, 3.05) is 26.0 Å². The number of fused-ring (bicyclic) bond motifs is 1. The Morgan fingerprint density at radius 2 is 1.76 bits per heavy atom. The van der Waals surface area contributed by atoms with Crippen LogP contribution in [0.25, 0.3) is 11.0 Å². The largest absolute Gasteiger partial charge is 0.457 e. The maximum Gasteiger partial charge on any atom is 0.306 e. The Bertz CT molecular complexity index is 1340. The molecule has 0 fully saturated rings. The van der Waals surface area contributed by atoms with Gasteiger partial charge < -0.3 is 14.6 Å². The minimum absolute atomic E-state index is 0.00870. The first-order valence-corrected chi connectivity index (χ1v) is 11.9. The van der Waals surface area contributed by atoms with Gasteiger partial charge in [-0.1, -0.05) is 0 Å².